The molecule has 0 aromatic carbocycles. The Hall–Kier alpha value is -3.29. The van der Waals surface area contributed by atoms with E-state index < -0.39 is 11.5 Å². The van der Waals surface area contributed by atoms with E-state index in [4.69, 9.17) is 9.68 Å². The quantitative estimate of drug-likeness (QED) is 0.636. The molecule has 1 unspecified atom stereocenters. The number of furan rings is 1. The van der Waals surface area contributed by atoms with Crippen LogP contribution in [0.25, 0.3) is 6.08 Å². The van der Waals surface area contributed by atoms with Gasteiger partial charge in [-0.05, 0) is 43.7 Å². The third-order valence-corrected chi connectivity index (χ3v) is 4.00. The Kier molecular flexibility index (Phi) is 5.11. The summed E-state index contributed by atoms with van der Waals surface area (Å²) in [6, 6.07) is 8.74. The monoisotopic (exact) mass is 338 g/mol. The molecule has 1 amide bonds. The molecular formula is C18H18N4O3. The topological polar surface area (TPSA) is 115 Å². The van der Waals surface area contributed by atoms with Crippen LogP contribution in [0.4, 0.5) is 0 Å². The number of rotatable bonds is 5. The molecular weight excluding hydrogens is 320 g/mol. The number of amides is 1. The molecule has 0 aliphatic carbocycles. The first-order valence-electron chi connectivity index (χ1n) is 7.53. The van der Waals surface area contributed by atoms with Crippen LogP contribution in [-0.2, 0) is 17.4 Å². The summed E-state index contributed by atoms with van der Waals surface area (Å²) in [7, 11) is 1.73. The molecule has 0 saturated heterocycles. The molecule has 2 aromatic heterocycles. The van der Waals surface area contributed by atoms with Crippen LogP contribution >= 0.6 is 0 Å². The van der Waals surface area contributed by atoms with Crippen molar-refractivity contribution in [2.24, 2.45) is 7.05 Å². The molecule has 0 saturated carbocycles. The summed E-state index contributed by atoms with van der Waals surface area (Å²) in [6.07, 6.45) is 2.85. The van der Waals surface area contributed by atoms with Gasteiger partial charge in [-0.15, -0.1) is 0 Å². The lowest BCUT2D eigenvalue weighted by Gasteiger charge is -2.20. The van der Waals surface area contributed by atoms with Crippen molar-refractivity contribution in [2.75, 3.05) is 6.54 Å². The van der Waals surface area contributed by atoms with Crippen LogP contribution in [0.5, 0.6) is 0 Å². The lowest BCUT2D eigenvalue weighted by atomic mass is 10.0. The predicted octanol–water partition coefficient (Wildman–Crippen LogP) is 1.73. The molecule has 1 atom stereocenters. The summed E-state index contributed by atoms with van der Waals surface area (Å²) in [5.41, 5.74) is 0.301. The van der Waals surface area contributed by atoms with Gasteiger partial charge < -0.3 is 19.4 Å². The van der Waals surface area contributed by atoms with Crippen LogP contribution in [-0.4, -0.2) is 22.1 Å². The molecule has 0 spiro atoms. The highest BCUT2D eigenvalue weighted by atomic mass is 16.4. The Balaban J connectivity index is 2.17. The van der Waals surface area contributed by atoms with E-state index in [2.05, 4.69) is 5.32 Å². The number of nitrogens with one attached hydrogen (secondary N) is 1. The number of aromatic nitrogens is 1. The van der Waals surface area contributed by atoms with Crippen LogP contribution < -0.4 is 5.32 Å². The zero-order chi connectivity index (χ0) is 18.6. The Morgan fingerprint density at radius 3 is 2.76 bits per heavy atom. The highest BCUT2D eigenvalue weighted by Gasteiger charge is 2.27. The van der Waals surface area contributed by atoms with Crippen molar-refractivity contribution in [1.82, 2.24) is 9.88 Å². The van der Waals surface area contributed by atoms with Crippen LogP contribution in [0, 0.1) is 29.6 Å². The summed E-state index contributed by atoms with van der Waals surface area (Å²) in [5, 5.41) is 31.2. The highest BCUT2D eigenvalue weighted by Crippen LogP contribution is 2.20. The minimum atomic E-state index is -1.39. The van der Waals surface area contributed by atoms with E-state index in [9.17, 15) is 15.2 Å². The number of aliphatic hydroxyl groups is 1. The number of nitriles is 2. The van der Waals surface area contributed by atoms with Crippen LogP contribution in [0.2, 0.25) is 0 Å². The largest absolute Gasteiger partial charge is 0.466 e. The Morgan fingerprint density at radius 1 is 1.52 bits per heavy atom. The molecule has 0 fully saturated rings. The maximum absolute atomic E-state index is 12.3. The Bertz CT molecular complexity index is 890. The van der Waals surface area contributed by atoms with Gasteiger partial charge >= 0.3 is 0 Å². The van der Waals surface area contributed by atoms with E-state index in [1.54, 1.807) is 36.7 Å². The zero-order valence-corrected chi connectivity index (χ0v) is 14.2. The smallest absolute Gasteiger partial charge is 0.262 e. The van der Waals surface area contributed by atoms with Crippen LogP contribution in [0.3, 0.4) is 0 Å². The molecule has 0 aliphatic heterocycles. The van der Waals surface area contributed by atoms with Crippen molar-refractivity contribution in [3.05, 3.63) is 52.7 Å². The third kappa shape index (κ3) is 3.79. The van der Waals surface area contributed by atoms with Gasteiger partial charge in [0.05, 0.1) is 12.8 Å². The average Bonchev–Trinajstić information content (AvgIpc) is 3.22. The number of carbonyl (C=O) groups excluding carboxylic acids is 1. The molecule has 0 bridgehead atoms. The molecule has 7 nitrogen and oxygen atoms in total. The molecule has 2 heterocycles. The maximum atomic E-state index is 12.3. The molecule has 2 aromatic rings. The first-order chi connectivity index (χ1) is 11.8. The number of hydrogen-bond acceptors (Lipinski definition) is 5. The highest BCUT2D eigenvalue weighted by molar-refractivity contribution is 6.01. The van der Waals surface area contributed by atoms with E-state index in [1.807, 2.05) is 12.1 Å². The van der Waals surface area contributed by atoms with E-state index >= 15 is 0 Å². The second-order valence-corrected chi connectivity index (χ2v) is 5.84. The average molecular weight is 338 g/mol. The van der Waals surface area contributed by atoms with E-state index in [1.165, 1.54) is 19.3 Å². The lowest BCUT2D eigenvalue weighted by molar-refractivity contribution is -0.118. The van der Waals surface area contributed by atoms with E-state index in [0.717, 1.165) is 5.69 Å². The van der Waals surface area contributed by atoms with Gasteiger partial charge in [0.1, 0.15) is 34.8 Å². The van der Waals surface area contributed by atoms with Gasteiger partial charge in [-0.1, -0.05) is 0 Å². The lowest BCUT2D eigenvalue weighted by Crippen LogP contribution is -2.38. The number of carbonyl (C=O) groups is 1. The minimum Gasteiger partial charge on any atom is -0.466 e. The van der Waals surface area contributed by atoms with Gasteiger partial charge in [-0.3, -0.25) is 4.79 Å². The van der Waals surface area contributed by atoms with Crippen molar-refractivity contribution in [3.8, 4) is 12.1 Å². The minimum absolute atomic E-state index is 0.115. The van der Waals surface area contributed by atoms with E-state index in [0.29, 0.717) is 17.0 Å². The maximum Gasteiger partial charge on any atom is 0.262 e. The fourth-order valence-electron chi connectivity index (χ4n) is 2.30. The third-order valence-electron chi connectivity index (χ3n) is 4.00. The summed E-state index contributed by atoms with van der Waals surface area (Å²) in [6.45, 7) is 3.18. The van der Waals surface area contributed by atoms with Gasteiger partial charge in [0, 0.05) is 12.7 Å². The summed E-state index contributed by atoms with van der Waals surface area (Å²) in [5.74, 6) is -0.302. The van der Waals surface area contributed by atoms with Crippen molar-refractivity contribution in [1.29, 1.82) is 10.5 Å². The molecule has 0 aliphatic rings. The van der Waals surface area contributed by atoms with E-state index in [-0.39, 0.29) is 12.1 Å². The summed E-state index contributed by atoms with van der Waals surface area (Å²) in [4.78, 5) is 12.3. The first-order valence-corrected chi connectivity index (χ1v) is 7.53. The van der Waals surface area contributed by atoms with Crippen molar-refractivity contribution in [2.45, 2.75) is 19.4 Å². The number of hydrogen-bond donors (Lipinski definition) is 2. The van der Waals surface area contributed by atoms with Gasteiger partial charge in [0.25, 0.3) is 5.91 Å². The molecule has 128 valence electrons. The molecule has 2 rings (SSSR count). The predicted molar refractivity (Wildman–Crippen MR) is 89.7 cm³/mol. The van der Waals surface area contributed by atoms with Crippen LogP contribution in [0.1, 0.15) is 29.6 Å². The zero-order valence-electron chi connectivity index (χ0n) is 14.2. The van der Waals surface area contributed by atoms with Gasteiger partial charge in [0.15, 0.2) is 0 Å². The molecule has 7 heteroatoms. The molecule has 2 N–H and O–H groups in total. The Labute approximate surface area is 145 Å². The van der Waals surface area contributed by atoms with Crippen molar-refractivity contribution < 1.29 is 14.3 Å². The van der Waals surface area contributed by atoms with Crippen molar-refractivity contribution >= 4 is 12.0 Å². The molecule has 0 radical (unpaired) electrons. The standard InChI is InChI=1S/C18H18N4O3/c1-12-13(8-15(10-20)22(12)3)7-14(9-19)17(23)21-11-18(2,24)16-5-4-6-25-16/h4-8,24H,11H2,1-3H3,(H,21,23). The fourth-order valence-corrected chi connectivity index (χ4v) is 2.30. The first kappa shape index (κ1) is 18.1. The van der Waals surface area contributed by atoms with Gasteiger partial charge in [-0.2, -0.15) is 10.5 Å². The number of nitrogens with zero attached hydrogens (tertiary/aromatic N) is 3. The van der Waals surface area contributed by atoms with Crippen LogP contribution in [0.15, 0.2) is 34.5 Å². The summed E-state index contributed by atoms with van der Waals surface area (Å²) >= 11 is 0. The van der Waals surface area contributed by atoms with Gasteiger partial charge in [0.2, 0.25) is 0 Å². The van der Waals surface area contributed by atoms with Crippen molar-refractivity contribution in [3.63, 3.8) is 0 Å². The summed E-state index contributed by atoms with van der Waals surface area (Å²) < 4.78 is 6.82. The second kappa shape index (κ2) is 7.08. The normalized spacial score (nSPS) is 13.6. The van der Waals surface area contributed by atoms with Gasteiger partial charge in [-0.25, -0.2) is 0 Å². The SMILES string of the molecule is Cc1c(C=C(C#N)C(=O)NCC(C)(O)c2ccco2)cc(C#N)n1C. The fraction of sp³-hybridized carbons (Fsp3) is 0.278. The Morgan fingerprint density at radius 2 is 2.24 bits per heavy atom. The molecule has 25 heavy (non-hydrogen) atoms. The second-order valence-electron chi connectivity index (χ2n) is 5.84.